The summed E-state index contributed by atoms with van der Waals surface area (Å²) < 4.78 is 4.92. The summed E-state index contributed by atoms with van der Waals surface area (Å²) in [6, 6.07) is 7.83. The molecule has 0 fully saturated rings. The summed E-state index contributed by atoms with van der Waals surface area (Å²) in [5.41, 5.74) is 1.24. The average molecular weight is 290 g/mol. The van der Waals surface area contributed by atoms with Gasteiger partial charge in [-0.2, -0.15) is 0 Å². The van der Waals surface area contributed by atoms with Crippen molar-refractivity contribution < 1.29 is 24.5 Å². The van der Waals surface area contributed by atoms with Crippen LogP contribution < -0.4 is 5.32 Å². The lowest BCUT2D eigenvalue weighted by Crippen LogP contribution is -2.18. The first-order valence-electron chi connectivity index (χ1n) is 5.37. The minimum Gasteiger partial charge on any atom is -0.473 e. The molecule has 0 saturated heterocycles. The van der Waals surface area contributed by atoms with Crippen molar-refractivity contribution in [3.63, 3.8) is 0 Å². The van der Waals surface area contributed by atoms with Crippen LogP contribution in [0.2, 0.25) is 5.02 Å². The molecular formula is C12H16ClNO5. The Labute approximate surface area is 116 Å². The summed E-state index contributed by atoms with van der Waals surface area (Å²) in [6.07, 6.45) is 0. The Bertz CT molecular complexity index is 382. The zero-order valence-corrected chi connectivity index (χ0v) is 11.2. The van der Waals surface area contributed by atoms with Crippen molar-refractivity contribution in [2.45, 2.75) is 6.54 Å². The van der Waals surface area contributed by atoms with Gasteiger partial charge in [-0.1, -0.05) is 23.7 Å². The normalized spacial score (nSPS) is 9.37. The minimum absolute atomic E-state index is 0.744. The molecule has 0 aliphatic heterocycles. The van der Waals surface area contributed by atoms with E-state index in [-0.39, 0.29) is 0 Å². The molecule has 0 radical (unpaired) electrons. The first kappa shape index (κ1) is 17.4. The third kappa shape index (κ3) is 10.0. The van der Waals surface area contributed by atoms with E-state index in [0.29, 0.717) is 0 Å². The van der Waals surface area contributed by atoms with Crippen LogP contribution in [0.3, 0.4) is 0 Å². The molecule has 106 valence electrons. The fraction of sp³-hybridized carbons (Fsp3) is 0.333. The van der Waals surface area contributed by atoms with Crippen LogP contribution in [-0.2, 0) is 20.9 Å². The second-order valence-electron chi connectivity index (χ2n) is 3.41. The second kappa shape index (κ2) is 10.3. The highest BCUT2D eigenvalue weighted by Crippen LogP contribution is 2.08. The van der Waals surface area contributed by atoms with E-state index in [1.54, 1.807) is 7.11 Å². The molecule has 0 aromatic heterocycles. The molecule has 0 aliphatic rings. The molecule has 1 rings (SSSR count). The monoisotopic (exact) mass is 289 g/mol. The summed E-state index contributed by atoms with van der Waals surface area (Å²) in [6.45, 7) is 2.48. The highest BCUT2D eigenvalue weighted by Gasteiger charge is 2.04. The van der Waals surface area contributed by atoms with Crippen molar-refractivity contribution in [1.82, 2.24) is 5.32 Å². The summed E-state index contributed by atoms with van der Waals surface area (Å²) in [7, 11) is 1.70. The van der Waals surface area contributed by atoms with Crippen LogP contribution in [0.25, 0.3) is 0 Å². The predicted octanol–water partition coefficient (Wildman–Crippen LogP) is 1.23. The maximum absolute atomic E-state index is 9.10. The smallest absolute Gasteiger partial charge is 0.414 e. The molecular weight excluding hydrogens is 274 g/mol. The maximum Gasteiger partial charge on any atom is 0.414 e. The van der Waals surface area contributed by atoms with Crippen molar-refractivity contribution in [2.75, 3.05) is 20.3 Å². The van der Waals surface area contributed by atoms with E-state index in [1.807, 2.05) is 24.3 Å². The van der Waals surface area contributed by atoms with Crippen LogP contribution in [0, 0.1) is 0 Å². The number of rotatable bonds is 5. The molecule has 19 heavy (non-hydrogen) atoms. The van der Waals surface area contributed by atoms with Crippen molar-refractivity contribution in [2.24, 2.45) is 0 Å². The van der Waals surface area contributed by atoms with Crippen LogP contribution in [0.15, 0.2) is 24.3 Å². The molecule has 6 nitrogen and oxygen atoms in total. The first-order valence-corrected chi connectivity index (χ1v) is 5.75. The largest absolute Gasteiger partial charge is 0.473 e. The van der Waals surface area contributed by atoms with E-state index in [4.69, 9.17) is 36.1 Å². The fourth-order valence-electron chi connectivity index (χ4n) is 1.01. The number of carbonyl (C=O) groups is 2. The average Bonchev–Trinajstić information content (AvgIpc) is 2.37. The Hall–Kier alpha value is -1.63. The van der Waals surface area contributed by atoms with E-state index in [1.165, 1.54) is 5.56 Å². The van der Waals surface area contributed by atoms with Crippen LogP contribution in [0.5, 0.6) is 0 Å². The van der Waals surface area contributed by atoms with Crippen molar-refractivity contribution in [3.05, 3.63) is 34.9 Å². The highest BCUT2D eigenvalue weighted by atomic mass is 35.5. The number of ether oxygens (including phenoxy) is 1. The van der Waals surface area contributed by atoms with E-state index < -0.39 is 11.9 Å². The minimum atomic E-state index is -1.82. The van der Waals surface area contributed by atoms with Gasteiger partial charge >= 0.3 is 11.9 Å². The molecule has 0 aliphatic carbocycles. The first-order chi connectivity index (χ1) is 8.97. The summed E-state index contributed by atoms with van der Waals surface area (Å²) in [5, 5.41) is 18.8. The lowest BCUT2D eigenvalue weighted by atomic mass is 10.2. The number of carboxylic acid groups (broad SMARTS) is 2. The van der Waals surface area contributed by atoms with Crippen LogP contribution in [-0.4, -0.2) is 42.4 Å². The Kier molecular flexibility index (Phi) is 9.42. The highest BCUT2D eigenvalue weighted by molar-refractivity contribution is 6.30. The SMILES string of the molecule is COCCNCc1ccc(Cl)cc1.O=C(O)C(=O)O. The number of benzene rings is 1. The summed E-state index contributed by atoms with van der Waals surface area (Å²) in [5.74, 6) is -3.65. The van der Waals surface area contributed by atoms with Gasteiger partial charge in [-0.05, 0) is 17.7 Å². The molecule has 0 amide bonds. The van der Waals surface area contributed by atoms with Gasteiger partial charge in [0.05, 0.1) is 6.61 Å². The van der Waals surface area contributed by atoms with E-state index in [0.717, 1.165) is 24.7 Å². The lowest BCUT2D eigenvalue weighted by molar-refractivity contribution is -0.159. The Balaban J connectivity index is 0.000000459. The van der Waals surface area contributed by atoms with E-state index >= 15 is 0 Å². The van der Waals surface area contributed by atoms with Crippen molar-refractivity contribution >= 4 is 23.5 Å². The van der Waals surface area contributed by atoms with Gasteiger partial charge in [0.1, 0.15) is 0 Å². The molecule has 3 N–H and O–H groups in total. The number of hydrogen-bond donors (Lipinski definition) is 3. The van der Waals surface area contributed by atoms with Gasteiger partial charge in [0, 0.05) is 25.2 Å². The number of halogens is 1. The summed E-state index contributed by atoms with van der Waals surface area (Å²) >= 11 is 5.76. The van der Waals surface area contributed by atoms with Crippen molar-refractivity contribution in [3.8, 4) is 0 Å². The molecule has 1 aromatic carbocycles. The lowest BCUT2D eigenvalue weighted by Gasteiger charge is -2.03. The Morgan fingerprint density at radius 3 is 2.16 bits per heavy atom. The van der Waals surface area contributed by atoms with Crippen LogP contribution >= 0.6 is 11.6 Å². The number of nitrogens with one attached hydrogen (secondary N) is 1. The Morgan fingerprint density at radius 1 is 1.21 bits per heavy atom. The zero-order chi connectivity index (χ0) is 14.7. The van der Waals surface area contributed by atoms with Gasteiger partial charge in [-0.25, -0.2) is 9.59 Å². The molecule has 7 heteroatoms. The van der Waals surface area contributed by atoms with Gasteiger partial charge in [0.25, 0.3) is 0 Å². The van der Waals surface area contributed by atoms with E-state index in [9.17, 15) is 0 Å². The predicted molar refractivity (Wildman–Crippen MR) is 70.3 cm³/mol. The van der Waals surface area contributed by atoms with E-state index in [2.05, 4.69) is 5.32 Å². The molecule has 0 saturated carbocycles. The standard InChI is InChI=1S/C10H14ClNO.C2H2O4/c1-13-7-6-12-8-9-2-4-10(11)5-3-9;3-1(4)2(5)6/h2-5,12H,6-8H2,1H3;(H,3,4)(H,5,6). The topological polar surface area (TPSA) is 95.9 Å². The third-order valence-electron chi connectivity index (χ3n) is 1.91. The number of aliphatic carboxylic acids is 2. The summed E-state index contributed by atoms with van der Waals surface area (Å²) in [4.78, 5) is 18.2. The van der Waals surface area contributed by atoms with Crippen molar-refractivity contribution in [1.29, 1.82) is 0 Å². The third-order valence-corrected chi connectivity index (χ3v) is 2.16. The number of carboxylic acids is 2. The van der Waals surface area contributed by atoms with Gasteiger partial charge < -0.3 is 20.3 Å². The number of hydrogen-bond acceptors (Lipinski definition) is 4. The Morgan fingerprint density at radius 2 is 1.74 bits per heavy atom. The quantitative estimate of drug-likeness (QED) is 0.557. The molecule has 0 unspecified atom stereocenters. The van der Waals surface area contributed by atoms with Crippen LogP contribution in [0.4, 0.5) is 0 Å². The maximum atomic E-state index is 9.10. The number of methoxy groups -OCH3 is 1. The molecule has 0 bridgehead atoms. The van der Waals surface area contributed by atoms with Crippen LogP contribution in [0.1, 0.15) is 5.56 Å². The molecule has 0 spiro atoms. The van der Waals surface area contributed by atoms with Gasteiger partial charge in [0.2, 0.25) is 0 Å². The molecule has 0 heterocycles. The zero-order valence-electron chi connectivity index (χ0n) is 10.4. The van der Waals surface area contributed by atoms with Gasteiger partial charge in [-0.3, -0.25) is 0 Å². The molecule has 0 atom stereocenters. The van der Waals surface area contributed by atoms with Gasteiger partial charge in [-0.15, -0.1) is 0 Å². The second-order valence-corrected chi connectivity index (χ2v) is 3.84. The van der Waals surface area contributed by atoms with Gasteiger partial charge in [0.15, 0.2) is 0 Å². The molecule has 1 aromatic rings. The fourth-order valence-corrected chi connectivity index (χ4v) is 1.14.